The molecule has 160 valence electrons. The highest BCUT2D eigenvalue weighted by molar-refractivity contribution is 5.92. The lowest BCUT2D eigenvalue weighted by Crippen LogP contribution is -2.06. The predicted molar refractivity (Wildman–Crippen MR) is 121 cm³/mol. The minimum Gasteiger partial charge on any atom is -0.493 e. The summed E-state index contributed by atoms with van der Waals surface area (Å²) in [5.41, 5.74) is 4.68. The maximum Gasteiger partial charge on any atom is 0.163 e. The molecule has 8 heteroatoms. The summed E-state index contributed by atoms with van der Waals surface area (Å²) >= 11 is 0. The summed E-state index contributed by atoms with van der Waals surface area (Å²) in [6.45, 7) is 0.890. The second-order valence-electron chi connectivity index (χ2n) is 7.16. The first kappa shape index (κ1) is 19.9. The van der Waals surface area contributed by atoms with Gasteiger partial charge in [-0.2, -0.15) is 15.3 Å². The topological polar surface area (TPSA) is 84.2 Å². The number of nitrogens with zero attached hydrogens (tertiary/aromatic N) is 5. The lowest BCUT2D eigenvalue weighted by atomic mass is 10.1. The molecule has 5 aromatic rings. The molecule has 0 saturated heterocycles. The molecule has 0 fully saturated rings. The lowest BCUT2D eigenvalue weighted by molar-refractivity contribution is 0.144. The molecule has 0 unspecified atom stereocenters. The molecule has 0 radical (unpaired) electrons. The van der Waals surface area contributed by atoms with E-state index in [0.29, 0.717) is 30.2 Å². The molecule has 3 aromatic heterocycles. The maximum atomic E-state index is 5.87. The molecule has 5 rings (SSSR count). The number of methoxy groups -OCH3 is 2. The number of hydrogen-bond donors (Lipinski definition) is 0. The van der Waals surface area contributed by atoms with Gasteiger partial charge in [0, 0.05) is 36.3 Å². The number of ether oxygens (including phenoxy) is 3. The second kappa shape index (κ2) is 8.60. The van der Waals surface area contributed by atoms with Crippen molar-refractivity contribution in [1.82, 2.24) is 25.0 Å². The quantitative estimate of drug-likeness (QED) is 0.362. The molecule has 8 nitrogen and oxygen atoms in total. The fourth-order valence-corrected chi connectivity index (χ4v) is 3.68. The summed E-state index contributed by atoms with van der Waals surface area (Å²) in [7, 11) is 3.24. The van der Waals surface area contributed by atoms with Crippen molar-refractivity contribution in [2.24, 2.45) is 0 Å². The number of rotatable bonds is 7. The highest BCUT2D eigenvalue weighted by Crippen LogP contribution is 2.34. The van der Waals surface area contributed by atoms with Crippen molar-refractivity contribution >= 4 is 21.8 Å². The van der Waals surface area contributed by atoms with Gasteiger partial charge in [-0.05, 0) is 41.5 Å². The Kier molecular flexibility index (Phi) is 5.35. The Morgan fingerprint density at radius 1 is 0.875 bits per heavy atom. The molecular weight excluding hydrogens is 406 g/mol. The Morgan fingerprint density at radius 3 is 2.56 bits per heavy atom. The Bertz CT molecular complexity index is 1390. The molecule has 0 spiro atoms. The van der Waals surface area contributed by atoms with Gasteiger partial charge in [0.05, 0.1) is 42.8 Å². The van der Waals surface area contributed by atoms with Crippen LogP contribution in [-0.2, 0) is 4.74 Å². The fourth-order valence-electron chi connectivity index (χ4n) is 3.68. The summed E-state index contributed by atoms with van der Waals surface area (Å²) in [6.07, 6.45) is 7.14. The minimum absolute atomic E-state index is 0.411. The van der Waals surface area contributed by atoms with E-state index in [0.717, 1.165) is 33.1 Å². The number of hydrogen-bond acceptors (Lipinski definition) is 7. The molecular formula is C24H21N5O3. The Labute approximate surface area is 184 Å². The summed E-state index contributed by atoms with van der Waals surface area (Å²) < 4.78 is 18.3. The third-order valence-electron chi connectivity index (χ3n) is 5.26. The van der Waals surface area contributed by atoms with Crippen LogP contribution in [0.1, 0.15) is 0 Å². The van der Waals surface area contributed by atoms with Gasteiger partial charge in [-0.1, -0.05) is 6.07 Å². The minimum atomic E-state index is 0.411. The predicted octanol–water partition coefficient (Wildman–Crippen LogP) is 4.06. The van der Waals surface area contributed by atoms with Crippen LogP contribution >= 0.6 is 0 Å². The average molecular weight is 427 g/mol. The second-order valence-corrected chi connectivity index (χ2v) is 7.16. The van der Waals surface area contributed by atoms with Crippen molar-refractivity contribution in [3.05, 3.63) is 67.3 Å². The largest absolute Gasteiger partial charge is 0.493 e. The van der Waals surface area contributed by atoms with Crippen LogP contribution in [0.15, 0.2) is 67.3 Å². The SMILES string of the molecule is COCCOc1cc2c(-n3ncc4cc(-c5ccncc5)ccc43)cnnc2cc1OC. The standard InChI is InChI=1S/C24H21N5O3/c1-30-9-10-32-24-12-19-20(13-23(24)31-2)28-26-15-22(19)29-21-4-3-17(11-18(21)14-27-29)16-5-7-25-8-6-16/h3-8,11-15H,9-10H2,1-2H3. The molecule has 0 aliphatic heterocycles. The number of fused-ring (bicyclic) bond motifs is 2. The smallest absolute Gasteiger partial charge is 0.163 e. The van der Waals surface area contributed by atoms with Gasteiger partial charge in [-0.3, -0.25) is 4.98 Å². The molecule has 0 amide bonds. The van der Waals surface area contributed by atoms with Gasteiger partial charge in [0.15, 0.2) is 11.5 Å². The average Bonchev–Trinajstić information content (AvgIpc) is 3.27. The van der Waals surface area contributed by atoms with Crippen molar-refractivity contribution < 1.29 is 14.2 Å². The van der Waals surface area contributed by atoms with Crippen molar-refractivity contribution in [1.29, 1.82) is 0 Å². The van der Waals surface area contributed by atoms with E-state index in [9.17, 15) is 0 Å². The third kappa shape index (κ3) is 3.61. The van der Waals surface area contributed by atoms with Crippen molar-refractivity contribution in [3.8, 4) is 28.3 Å². The summed E-state index contributed by atoms with van der Waals surface area (Å²) in [4.78, 5) is 4.09. The van der Waals surface area contributed by atoms with Gasteiger partial charge in [0.2, 0.25) is 0 Å². The highest BCUT2D eigenvalue weighted by atomic mass is 16.5. The molecule has 2 aromatic carbocycles. The highest BCUT2D eigenvalue weighted by Gasteiger charge is 2.15. The van der Waals surface area contributed by atoms with Gasteiger partial charge >= 0.3 is 0 Å². The zero-order valence-electron chi connectivity index (χ0n) is 17.7. The zero-order valence-corrected chi connectivity index (χ0v) is 17.7. The molecule has 0 N–H and O–H groups in total. The first-order valence-electron chi connectivity index (χ1n) is 10.1. The van der Waals surface area contributed by atoms with Crippen LogP contribution in [0.5, 0.6) is 11.5 Å². The van der Waals surface area contributed by atoms with E-state index in [4.69, 9.17) is 14.2 Å². The van der Waals surface area contributed by atoms with Crippen LogP contribution in [0.3, 0.4) is 0 Å². The molecule has 0 saturated carbocycles. The van der Waals surface area contributed by atoms with E-state index in [2.05, 4.69) is 38.5 Å². The monoisotopic (exact) mass is 427 g/mol. The van der Waals surface area contributed by atoms with Gasteiger partial charge in [-0.15, -0.1) is 0 Å². The van der Waals surface area contributed by atoms with E-state index in [-0.39, 0.29) is 0 Å². The lowest BCUT2D eigenvalue weighted by Gasteiger charge is -2.13. The van der Waals surface area contributed by atoms with Crippen LogP contribution in [0.25, 0.3) is 38.6 Å². The molecule has 0 bridgehead atoms. The van der Waals surface area contributed by atoms with Gasteiger partial charge in [0.25, 0.3) is 0 Å². The third-order valence-corrected chi connectivity index (χ3v) is 5.26. The normalized spacial score (nSPS) is 11.2. The number of benzene rings is 2. The maximum absolute atomic E-state index is 5.87. The molecule has 0 aliphatic rings. The van der Waals surface area contributed by atoms with E-state index in [1.807, 2.05) is 35.1 Å². The summed E-state index contributed by atoms with van der Waals surface area (Å²) in [6, 6.07) is 14.0. The Morgan fingerprint density at radius 2 is 1.75 bits per heavy atom. The summed E-state index contributed by atoms with van der Waals surface area (Å²) in [5.74, 6) is 1.20. The van der Waals surface area contributed by atoms with E-state index < -0.39 is 0 Å². The van der Waals surface area contributed by atoms with Gasteiger partial charge < -0.3 is 14.2 Å². The molecule has 3 heterocycles. The molecule has 0 atom stereocenters. The number of aromatic nitrogens is 5. The molecule has 0 aliphatic carbocycles. The van der Waals surface area contributed by atoms with Crippen molar-refractivity contribution in [2.75, 3.05) is 27.4 Å². The summed E-state index contributed by atoms with van der Waals surface area (Å²) in [5, 5.41) is 15.0. The van der Waals surface area contributed by atoms with Crippen LogP contribution in [0, 0.1) is 0 Å². The zero-order chi connectivity index (χ0) is 21.9. The van der Waals surface area contributed by atoms with Gasteiger partial charge in [0.1, 0.15) is 6.61 Å². The van der Waals surface area contributed by atoms with Crippen LogP contribution in [0.2, 0.25) is 0 Å². The van der Waals surface area contributed by atoms with Crippen LogP contribution in [0.4, 0.5) is 0 Å². The van der Waals surface area contributed by atoms with Crippen LogP contribution in [-0.4, -0.2) is 52.4 Å². The molecule has 32 heavy (non-hydrogen) atoms. The van der Waals surface area contributed by atoms with E-state index in [1.54, 1.807) is 32.8 Å². The Hall–Kier alpha value is -4.04. The van der Waals surface area contributed by atoms with Crippen molar-refractivity contribution in [3.63, 3.8) is 0 Å². The number of pyridine rings is 1. The first-order chi connectivity index (χ1) is 15.8. The van der Waals surface area contributed by atoms with Crippen molar-refractivity contribution in [2.45, 2.75) is 0 Å². The van der Waals surface area contributed by atoms with Gasteiger partial charge in [-0.25, -0.2) is 4.68 Å². The van der Waals surface area contributed by atoms with E-state index >= 15 is 0 Å². The fraction of sp³-hybridized carbons (Fsp3) is 0.167. The Balaban J connectivity index is 1.61. The first-order valence-corrected chi connectivity index (χ1v) is 10.1. The van der Waals surface area contributed by atoms with E-state index in [1.165, 1.54) is 0 Å². The van der Waals surface area contributed by atoms with Crippen LogP contribution < -0.4 is 9.47 Å².